The van der Waals surface area contributed by atoms with E-state index in [2.05, 4.69) is 39.2 Å². The Morgan fingerprint density at radius 1 is 1.43 bits per heavy atom. The molecule has 8 nitrogen and oxygen atoms in total. The van der Waals surface area contributed by atoms with Crippen LogP contribution in [0.2, 0.25) is 0 Å². The molecule has 1 saturated heterocycles. The van der Waals surface area contributed by atoms with Crippen LogP contribution in [0.1, 0.15) is 74.1 Å². The summed E-state index contributed by atoms with van der Waals surface area (Å²) < 4.78 is 0. The first kappa shape index (κ1) is 15.6. The lowest BCUT2D eigenvalue weighted by Gasteiger charge is -2.33. The molecule has 124 valence electrons. The van der Waals surface area contributed by atoms with Crippen molar-refractivity contribution >= 4 is 5.91 Å². The molecule has 0 bridgehead atoms. The average molecular weight is 317 g/mol. The van der Waals surface area contributed by atoms with Gasteiger partial charge in [0.1, 0.15) is 5.82 Å². The number of aromatic nitrogens is 6. The van der Waals surface area contributed by atoms with E-state index in [4.69, 9.17) is 0 Å². The summed E-state index contributed by atoms with van der Waals surface area (Å²) in [5, 5.41) is 15.6. The van der Waals surface area contributed by atoms with Crippen molar-refractivity contribution in [3.05, 3.63) is 23.5 Å². The third-order valence-corrected chi connectivity index (χ3v) is 4.15. The molecule has 1 aliphatic rings. The molecule has 0 saturated carbocycles. The average Bonchev–Trinajstić information content (AvgIpc) is 3.23. The molecule has 1 N–H and O–H groups in total. The van der Waals surface area contributed by atoms with Gasteiger partial charge in [-0.3, -0.25) is 9.89 Å². The van der Waals surface area contributed by atoms with Gasteiger partial charge in [-0.25, -0.2) is 4.98 Å². The molecular formula is C15H23N7O. The number of nitrogens with zero attached hydrogens (tertiary/aromatic N) is 6. The number of hydrogen-bond acceptors (Lipinski definition) is 5. The molecule has 0 aromatic carbocycles. The van der Waals surface area contributed by atoms with Crippen LogP contribution in [0.3, 0.4) is 0 Å². The quantitative estimate of drug-likeness (QED) is 0.929. The van der Waals surface area contributed by atoms with Crippen molar-refractivity contribution in [3.63, 3.8) is 0 Å². The highest BCUT2D eigenvalue weighted by atomic mass is 16.2. The van der Waals surface area contributed by atoms with Crippen LogP contribution in [-0.4, -0.2) is 47.5 Å². The van der Waals surface area contributed by atoms with Crippen LogP contribution in [0.25, 0.3) is 0 Å². The Kier molecular flexibility index (Phi) is 4.40. The summed E-state index contributed by atoms with van der Waals surface area (Å²) in [7, 11) is 0. The van der Waals surface area contributed by atoms with Crippen molar-refractivity contribution in [1.29, 1.82) is 0 Å². The minimum Gasteiger partial charge on any atom is -0.327 e. The molecule has 0 unspecified atom stereocenters. The summed E-state index contributed by atoms with van der Waals surface area (Å²) in [6.45, 7) is 7.41. The van der Waals surface area contributed by atoms with Gasteiger partial charge in [0.05, 0.1) is 18.8 Å². The predicted molar refractivity (Wildman–Crippen MR) is 83.8 cm³/mol. The largest absolute Gasteiger partial charge is 0.327 e. The summed E-state index contributed by atoms with van der Waals surface area (Å²) in [5.41, 5.74) is 0.391. The first-order valence-electron chi connectivity index (χ1n) is 8.23. The molecule has 23 heavy (non-hydrogen) atoms. The molecule has 8 heteroatoms. The van der Waals surface area contributed by atoms with Crippen LogP contribution in [0.15, 0.2) is 6.20 Å². The van der Waals surface area contributed by atoms with Gasteiger partial charge in [0, 0.05) is 12.5 Å². The van der Waals surface area contributed by atoms with Crippen molar-refractivity contribution in [2.24, 2.45) is 0 Å². The topological polar surface area (TPSA) is 92.6 Å². The fraction of sp³-hybridized carbons (Fsp3) is 0.667. The first-order chi connectivity index (χ1) is 11.1. The molecule has 2 aromatic rings. The van der Waals surface area contributed by atoms with E-state index in [-0.39, 0.29) is 17.9 Å². The number of nitrogens with one attached hydrogen (secondary N) is 1. The highest BCUT2D eigenvalue weighted by Gasteiger charge is 2.32. The van der Waals surface area contributed by atoms with Crippen LogP contribution < -0.4 is 0 Å². The number of aromatic amines is 1. The zero-order valence-electron chi connectivity index (χ0n) is 13.9. The van der Waals surface area contributed by atoms with Gasteiger partial charge in [-0.1, -0.05) is 13.8 Å². The van der Waals surface area contributed by atoms with E-state index < -0.39 is 0 Å². The maximum atomic E-state index is 12.8. The number of carbonyl (C=O) groups is 1. The number of carbonyl (C=O) groups excluding carboxylic acids is 1. The summed E-state index contributed by atoms with van der Waals surface area (Å²) in [4.78, 5) is 20.8. The fourth-order valence-corrected chi connectivity index (χ4v) is 2.85. The number of likely N-dealkylation sites (tertiary alicyclic amines) is 1. The van der Waals surface area contributed by atoms with Crippen molar-refractivity contribution in [3.8, 4) is 0 Å². The molecule has 1 atom stereocenters. The number of piperidine rings is 1. The molecule has 0 radical (unpaired) electrons. The van der Waals surface area contributed by atoms with Gasteiger partial charge in [0.15, 0.2) is 11.5 Å². The zero-order chi connectivity index (χ0) is 16.4. The van der Waals surface area contributed by atoms with Gasteiger partial charge < -0.3 is 4.90 Å². The number of aryl methyl sites for hydroxylation is 1. The van der Waals surface area contributed by atoms with E-state index in [1.165, 1.54) is 11.0 Å². The van der Waals surface area contributed by atoms with Gasteiger partial charge in [-0.05, 0) is 26.2 Å². The zero-order valence-corrected chi connectivity index (χ0v) is 13.9. The summed E-state index contributed by atoms with van der Waals surface area (Å²) in [5.74, 6) is 1.73. The van der Waals surface area contributed by atoms with Gasteiger partial charge in [-0.2, -0.15) is 15.0 Å². The lowest BCUT2D eigenvalue weighted by molar-refractivity contribution is 0.0593. The predicted octanol–water partition coefficient (Wildman–Crippen LogP) is 1.91. The van der Waals surface area contributed by atoms with E-state index in [1.54, 1.807) is 0 Å². The Labute approximate surface area is 135 Å². The minimum absolute atomic E-state index is 0.0666. The standard InChI is InChI=1S/C15H23N7O/c1-4-22-16-9-11(20-22)15(23)21-8-6-5-7-12(21)14-17-13(10(2)3)18-19-14/h9-10,12H,4-8H2,1-3H3,(H,17,18,19)/t12-/m0/s1. The molecule has 2 aromatic heterocycles. The molecule has 3 rings (SSSR count). The van der Waals surface area contributed by atoms with Crippen molar-refractivity contribution in [1.82, 2.24) is 35.1 Å². The molecule has 0 spiro atoms. The maximum Gasteiger partial charge on any atom is 0.276 e. The van der Waals surface area contributed by atoms with E-state index in [0.29, 0.717) is 18.8 Å². The highest BCUT2D eigenvalue weighted by Crippen LogP contribution is 2.30. The van der Waals surface area contributed by atoms with Crippen molar-refractivity contribution in [2.75, 3.05) is 6.54 Å². The second kappa shape index (κ2) is 6.47. The normalized spacial score (nSPS) is 18.6. The minimum atomic E-state index is -0.0862. The highest BCUT2D eigenvalue weighted by molar-refractivity contribution is 5.92. The van der Waals surface area contributed by atoms with Gasteiger partial charge in [-0.15, -0.1) is 5.10 Å². The third kappa shape index (κ3) is 3.11. The van der Waals surface area contributed by atoms with Gasteiger partial charge in [0.25, 0.3) is 5.91 Å². The third-order valence-electron chi connectivity index (χ3n) is 4.15. The van der Waals surface area contributed by atoms with E-state index in [9.17, 15) is 4.79 Å². The Hall–Kier alpha value is -2.25. The maximum absolute atomic E-state index is 12.8. The van der Waals surface area contributed by atoms with Gasteiger partial charge >= 0.3 is 0 Å². The van der Waals surface area contributed by atoms with Crippen molar-refractivity contribution in [2.45, 2.75) is 58.5 Å². The monoisotopic (exact) mass is 317 g/mol. The Morgan fingerprint density at radius 3 is 2.91 bits per heavy atom. The second-order valence-electron chi connectivity index (χ2n) is 6.16. The lowest BCUT2D eigenvalue weighted by Crippen LogP contribution is -2.39. The molecule has 1 aliphatic heterocycles. The van der Waals surface area contributed by atoms with Crippen LogP contribution in [-0.2, 0) is 6.54 Å². The summed E-state index contributed by atoms with van der Waals surface area (Å²) in [6.07, 6.45) is 4.50. The molecular weight excluding hydrogens is 294 g/mol. The van der Waals surface area contributed by atoms with Crippen LogP contribution >= 0.6 is 0 Å². The number of amides is 1. The van der Waals surface area contributed by atoms with E-state index in [1.807, 2.05) is 11.8 Å². The van der Waals surface area contributed by atoms with Crippen LogP contribution in [0.5, 0.6) is 0 Å². The lowest BCUT2D eigenvalue weighted by atomic mass is 10.0. The number of hydrogen-bond donors (Lipinski definition) is 1. The Balaban J connectivity index is 1.84. The van der Waals surface area contributed by atoms with Crippen LogP contribution in [0, 0.1) is 0 Å². The van der Waals surface area contributed by atoms with Crippen molar-refractivity contribution < 1.29 is 4.79 Å². The van der Waals surface area contributed by atoms with E-state index in [0.717, 1.165) is 30.9 Å². The molecule has 1 amide bonds. The summed E-state index contributed by atoms with van der Waals surface area (Å²) >= 11 is 0. The van der Waals surface area contributed by atoms with Crippen LogP contribution in [0.4, 0.5) is 0 Å². The number of H-pyrrole nitrogens is 1. The molecule has 0 aliphatic carbocycles. The number of rotatable bonds is 4. The summed E-state index contributed by atoms with van der Waals surface area (Å²) in [6, 6.07) is -0.0666. The smallest absolute Gasteiger partial charge is 0.276 e. The molecule has 1 fully saturated rings. The Morgan fingerprint density at radius 2 is 2.26 bits per heavy atom. The molecule has 3 heterocycles. The Bertz CT molecular complexity index is 675. The fourth-order valence-electron chi connectivity index (χ4n) is 2.85. The van der Waals surface area contributed by atoms with Gasteiger partial charge in [0.2, 0.25) is 0 Å². The van der Waals surface area contributed by atoms with E-state index >= 15 is 0 Å². The second-order valence-corrected chi connectivity index (χ2v) is 6.16. The SMILES string of the molecule is CCn1ncc(C(=O)N2CCCC[C@H]2c2nc(C(C)C)n[nH]2)n1. The first-order valence-corrected chi connectivity index (χ1v) is 8.23.